The lowest BCUT2D eigenvalue weighted by atomic mass is 10.2. The summed E-state index contributed by atoms with van der Waals surface area (Å²) in [4.78, 5) is 24.7. The van der Waals surface area contributed by atoms with E-state index in [0.717, 1.165) is 11.0 Å². The lowest BCUT2D eigenvalue weighted by Gasteiger charge is -2.25. The quantitative estimate of drug-likeness (QED) is 0.593. The summed E-state index contributed by atoms with van der Waals surface area (Å²) in [7, 11) is 0. The highest BCUT2D eigenvalue weighted by molar-refractivity contribution is 5.96. The number of benzene rings is 1. The molecule has 0 unspecified atom stereocenters. The molecule has 1 aliphatic heterocycles. The molecule has 1 aromatic heterocycles. The van der Waals surface area contributed by atoms with E-state index in [-0.39, 0.29) is 12.3 Å². The third-order valence-electron chi connectivity index (χ3n) is 4.35. The lowest BCUT2D eigenvalue weighted by Crippen LogP contribution is -2.39. The van der Waals surface area contributed by atoms with Crippen molar-refractivity contribution in [2.24, 2.45) is 0 Å². The maximum absolute atomic E-state index is 12.4. The van der Waals surface area contributed by atoms with Crippen molar-refractivity contribution in [2.75, 3.05) is 32.9 Å². The molecule has 0 saturated carbocycles. The average molecular weight is 373 g/mol. The van der Waals surface area contributed by atoms with Crippen molar-refractivity contribution in [1.82, 2.24) is 4.90 Å². The van der Waals surface area contributed by atoms with E-state index < -0.39 is 5.97 Å². The number of para-hydroxylation sites is 1. The van der Waals surface area contributed by atoms with Crippen molar-refractivity contribution >= 4 is 28.4 Å². The van der Waals surface area contributed by atoms with E-state index in [2.05, 4.69) is 0 Å². The summed E-state index contributed by atoms with van der Waals surface area (Å²) in [5.74, 6) is 0.272. The standard InChI is InChI=1S/C20H23NO6/c1-14(12-18(22)21-7-10-25-11-8-21)17-13-15-4-2-5-16(20(15)27-17)26-9-3-6-19(23)24/h2,4-5,12-13H,3,6-11H2,1H3,(H,23,24)/b14-12-. The van der Waals surface area contributed by atoms with Crippen LogP contribution in [0.5, 0.6) is 5.75 Å². The minimum Gasteiger partial charge on any atom is -0.490 e. The molecule has 7 heteroatoms. The van der Waals surface area contributed by atoms with Gasteiger partial charge in [-0.05, 0) is 31.1 Å². The molecule has 1 aromatic carbocycles. The van der Waals surface area contributed by atoms with Crippen LogP contribution in [-0.4, -0.2) is 54.8 Å². The minimum absolute atomic E-state index is 0.0543. The Morgan fingerprint density at radius 1 is 1.30 bits per heavy atom. The number of aliphatic carboxylic acids is 1. The Labute approximate surface area is 157 Å². The Morgan fingerprint density at radius 3 is 2.81 bits per heavy atom. The van der Waals surface area contributed by atoms with Gasteiger partial charge in [0.1, 0.15) is 5.76 Å². The second-order valence-corrected chi connectivity index (χ2v) is 6.40. The van der Waals surface area contributed by atoms with Crippen molar-refractivity contribution in [3.63, 3.8) is 0 Å². The van der Waals surface area contributed by atoms with Crippen molar-refractivity contribution in [3.05, 3.63) is 36.1 Å². The van der Waals surface area contributed by atoms with Gasteiger partial charge in [-0.15, -0.1) is 0 Å². The summed E-state index contributed by atoms with van der Waals surface area (Å²) in [5.41, 5.74) is 1.33. The maximum Gasteiger partial charge on any atom is 0.303 e. The number of carbonyl (C=O) groups excluding carboxylic acids is 1. The fourth-order valence-electron chi connectivity index (χ4n) is 2.88. The highest BCUT2D eigenvalue weighted by Gasteiger charge is 2.16. The van der Waals surface area contributed by atoms with Gasteiger partial charge in [-0.2, -0.15) is 0 Å². The van der Waals surface area contributed by atoms with E-state index >= 15 is 0 Å². The van der Waals surface area contributed by atoms with E-state index in [4.69, 9.17) is 19.0 Å². The Morgan fingerprint density at radius 2 is 2.07 bits per heavy atom. The second-order valence-electron chi connectivity index (χ2n) is 6.40. The molecule has 2 heterocycles. The van der Waals surface area contributed by atoms with Crippen LogP contribution in [0, 0.1) is 0 Å². The van der Waals surface area contributed by atoms with Crippen LogP contribution in [0.4, 0.5) is 0 Å². The topological polar surface area (TPSA) is 89.2 Å². The number of hydrogen-bond acceptors (Lipinski definition) is 5. The van der Waals surface area contributed by atoms with Gasteiger partial charge >= 0.3 is 5.97 Å². The summed E-state index contributed by atoms with van der Waals surface area (Å²) < 4.78 is 16.9. The van der Waals surface area contributed by atoms with Crippen LogP contribution in [0.2, 0.25) is 0 Å². The first-order chi connectivity index (χ1) is 13.0. The van der Waals surface area contributed by atoms with Gasteiger partial charge < -0.3 is 23.9 Å². The third-order valence-corrected chi connectivity index (χ3v) is 4.35. The molecule has 27 heavy (non-hydrogen) atoms. The van der Waals surface area contributed by atoms with Crippen molar-refractivity contribution in [2.45, 2.75) is 19.8 Å². The molecule has 1 N–H and O–H groups in total. The summed E-state index contributed by atoms with van der Waals surface area (Å²) in [5, 5.41) is 9.56. The minimum atomic E-state index is -0.845. The summed E-state index contributed by atoms with van der Waals surface area (Å²) >= 11 is 0. The highest BCUT2D eigenvalue weighted by atomic mass is 16.5. The zero-order valence-electron chi connectivity index (χ0n) is 15.3. The smallest absolute Gasteiger partial charge is 0.303 e. The van der Waals surface area contributed by atoms with Crippen LogP contribution < -0.4 is 4.74 Å². The number of ether oxygens (including phenoxy) is 2. The Kier molecular flexibility index (Phi) is 6.13. The van der Waals surface area contributed by atoms with Gasteiger partial charge in [0.05, 0.1) is 19.8 Å². The molecule has 0 spiro atoms. The maximum atomic E-state index is 12.4. The van der Waals surface area contributed by atoms with Crippen molar-refractivity contribution in [3.8, 4) is 5.75 Å². The molecule has 2 aromatic rings. The molecule has 1 aliphatic rings. The molecule has 1 saturated heterocycles. The van der Waals surface area contributed by atoms with Gasteiger partial charge in [0.15, 0.2) is 11.3 Å². The molecule has 0 atom stereocenters. The molecule has 0 bridgehead atoms. The number of carboxylic acid groups (broad SMARTS) is 1. The molecule has 0 radical (unpaired) electrons. The van der Waals surface area contributed by atoms with Crippen LogP contribution >= 0.6 is 0 Å². The van der Waals surface area contributed by atoms with Crippen LogP contribution in [0.3, 0.4) is 0 Å². The number of carboxylic acids is 1. The van der Waals surface area contributed by atoms with Gasteiger partial charge in [0.25, 0.3) is 0 Å². The number of nitrogens with zero attached hydrogens (tertiary/aromatic N) is 1. The van der Waals surface area contributed by atoms with Crippen LogP contribution in [0.25, 0.3) is 16.5 Å². The van der Waals surface area contributed by atoms with Crippen LogP contribution in [-0.2, 0) is 14.3 Å². The fraction of sp³-hybridized carbons (Fsp3) is 0.400. The zero-order chi connectivity index (χ0) is 19.2. The van der Waals surface area contributed by atoms with Gasteiger partial charge in [-0.3, -0.25) is 9.59 Å². The number of carbonyl (C=O) groups is 2. The monoisotopic (exact) mass is 373 g/mol. The van der Waals surface area contributed by atoms with E-state index in [9.17, 15) is 9.59 Å². The number of fused-ring (bicyclic) bond motifs is 1. The number of rotatable bonds is 7. The van der Waals surface area contributed by atoms with Gasteiger partial charge in [0, 0.05) is 31.0 Å². The molecular weight excluding hydrogens is 350 g/mol. The Balaban J connectivity index is 1.73. The predicted octanol–water partition coefficient (Wildman–Crippen LogP) is 2.94. The van der Waals surface area contributed by atoms with Gasteiger partial charge in [0.2, 0.25) is 5.91 Å². The highest BCUT2D eigenvalue weighted by Crippen LogP contribution is 2.31. The number of hydrogen-bond donors (Lipinski definition) is 1. The molecule has 0 aliphatic carbocycles. The Hall–Kier alpha value is -2.80. The van der Waals surface area contributed by atoms with E-state index in [1.54, 1.807) is 17.0 Å². The zero-order valence-corrected chi connectivity index (χ0v) is 15.3. The van der Waals surface area contributed by atoms with Crippen molar-refractivity contribution < 1.29 is 28.6 Å². The lowest BCUT2D eigenvalue weighted by molar-refractivity contribution is -0.137. The third kappa shape index (κ3) is 4.89. The first-order valence-corrected chi connectivity index (χ1v) is 8.97. The summed E-state index contributed by atoms with van der Waals surface area (Å²) in [6.07, 6.45) is 2.06. The number of amides is 1. The number of allylic oxidation sites excluding steroid dienone is 1. The van der Waals surface area contributed by atoms with Gasteiger partial charge in [-0.1, -0.05) is 12.1 Å². The molecular formula is C20H23NO6. The fourth-order valence-corrected chi connectivity index (χ4v) is 2.88. The van der Waals surface area contributed by atoms with Crippen molar-refractivity contribution in [1.29, 1.82) is 0 Å². The first kappa shape index (κ1) is 19.0. The molecule has 1 amide bonds. The largest absolute Gasteiger partial charge is 0.490 e. The summed E-state index contributed by atoms with van der Waals surface area (Å²) in [6, 6.07) is 7.42. The second kappa shape index (κ2) is 8.73. The predicted molar refractivity (Wildman–Crippen MR) is 99.6 cm³/mol. The van der Waals surface area contributed by atoms with Crippen LogP contribution in [0.1, 0.15) is 25.5 Å². The van der Waals surface area contributed by atoms with E-state index in [0.29, 0.717) is 56.4 Å². The molecule has 7 nitrogen and oxygen atoms in total. The molecule has 3 rings (SSSR count). The summed E-state index contributed by atoms with van der Waals surface area (Å²) in [6.45, 7) is 4.45. The van der Waals surface area contributed by atoms with E-state index in [1.165, 1.54) is 0 Å². The van der Waals surface area contributed by atoms with Gasteiger partial charge in [-0.25, -0.2) is 0 Å². The first-order valence-electron chi connectivity index (χ1n) is 8.97. The molecule has 144 valence electrons. The SMILES string of the molecule is C/C(=C/C(=O)N1CCOCC1)c1cc2cccc(OCCCC(=O)O)c2o1. The number of furan rings is 1. The number of morpholine rings is 1. The van der Waals surface area contributed by atoms with Crippen LogP contribution in [0.15, 0.2) is 34.8 Å². The average Bonchev–Trinajstić information content (AvgIpc) is 3.11. The normalized spacial score (nSPS) is 15.1. The molecule has 1 fully saturated rings. The van der Waals surface area contributed by atoms with E-state index in [1.807, 2.05) is 25.1 Å². The Bertz CT molecular complexity index is 847.